The third-order valence-corrected chi connectivity index (χ3v) is 3.23. The predicted octanol–water partition coefficient (Wildman–Crippen LogP) is 2.59. The molecule has 0 saturated carbocycles. The van der Waals surface area contributed by atoms with Crippen LogP contribution in [0.25, 0.3) is 0 Å². The standard InChI is InChI=1S/C17H15F3N4O2/c1-2-15(25)23-12-5-3-11(4-6-12)16(26)22-10-8-14-21-9-7-13(24-14)17(18,19)20/h2-7,9H,1,8,10H2,(H,22,26)(H,23,25). The molecule has 6 nitrogen and oxygen atoms in total. The highest BCUT2D eigenvalue weighted by atomic mass is 19.4. The molecule has 0 spiro atoms. The molecule has 0 aliphatic carbocycles. The van der Waals surface area contributed by atoms with Gasteiger partial charge >= 0.3 is 6.18 Å². The van der Waals surface area contributed by atoms with Crippen LogP contribution in [0.4, 0.5) is 18.9 Å². The summed E-state index contributed by atoms with van der Waals surface area (Å²) in [5, 5.41) is 5.12. The number of benzene rings is 1. The van der Waals surface area contributed by atoms with E-state index in [1.807, 2.05) is 0 Å². The lowest BCUT2D eigenvalue weighted by atomic mass is 10.2. The second-order valence-electron chi connectivity index (χ2n) is 5.13. The second kappa shape index (κ2) is 8.24. The van der Waals surface area contributed by atoms with Gasteiger partial charge in [-0.05, 0) is 36.4 Å². The fourth-order valence-corrected chi connectivity index (χ4v) is 1.97. The molecule has 0 atom stereocenters. The molecule has 2 amide bonds. The van der Waals surface area contributed by atoms with Crippen molar-refractivity contribution < 1.29 is 22.8 Å². The Labute approximate surface area is 147 Å². The first kappa shape index (κ1) is 19.1. The van der Waals surface area contributed by atoms with Gasteiger partial charge in [-0.1, -0.05) is 6.58 Å². The maximum Gasteiger partial charge on any atom is 0.433 e. The molecule has 1 heterocycles. The van der Waals surface area contributed by atoms with Gasteiger partial charge in [0.1, 0.15) is 11.5 Å². The maximum absolute atomic E-state index is 12.6. The van der Waals surface area contributed by atoms with Gasteiger partial charge in [0.2, 0.25) is 5.91 Å². The minimum Gasteiger partial charge on any atom is -0.352 e. The Kier molecular flexibility index (Phi) is 6.05. The zero-order valence-electron chi connectivity index (χ0n) is 13.5. The molecule has 0 unspecified atom stereocenters. The van der Waals surface area contributed by atoms with Crippen LogP contribution in [0.5, 0.6) is 0 Å². The average molecular weight is 364 g/mol. The molecule has 26 heavy (non-hydrogen) atoms. The van der Waals surface area contributed by atoms with Crippen LogP contribution in [0.1, 0.15) is 21.9 Å². The van der Waals surface area contributed by atoms with Crippen LogP contribution in [-0.4, -0.2) is 28.3 Å². The van der Waals surface area contributed by atoms with Crippen molar-refractivity contribution in [3.8, 4) is 0 Å². The van der Waals surface area contributed by atoms with Gasteiger partial charge in [0.15, 0.2) is 0 Å². The largest absolute Gasteiger partial charge is 0.433 e. The SMILES string of the molecule is C=CC(=O)Nc1ccc(C(=O)NCCc2nccc(C(F)(F)F)n2)cc1. The fourth-order valence-electron chi connectivity index (χ4n) is 1.97. The molecule has 2 aromatic rings. The molecule has 0 saturated heterocycles. The number of rotatable bonds is 6. The molecule has 136 valence electrons. The van der Waals surface area contributed by atoms with Gasteiger partial charge in [-0.2, -0.15) is 13.2 Å². The summed E-state index contributed by atoms with van der Waals surface area (Å²) in [6.07, 6.45) is -2.33. The number of anilines is 1. The van der Waals surface area contributed by atoms with Crippen molar-refractivity contribution in [3.05, 3.63) is 66.3 Å². The number of amides is 2. The number of hydrogen-bond acceptors (Lipinski definition) is 4. The number of carbonyl (C=O) groups excluding carboxylic acids is 2. The van der Waals surface area contributed by atoms with Crippen LogP contribution in [0.2, 0.25) is 0 Å². The first-order chi connectivity index (χ1) is 12.3. The van der Waals surface area contributed by atoms with E-state index in [1.54, 1.807) is 12.1 Å². The van der Waals surface area contributed by atoms with E-state index < -0.39 is 17.8 Å². The zero-order valence-corrected chi connectivity index (χ0v) is 13.5. The summed E-state index contributed by atoms with van der Waals surface area (Å²) >= 11 is 0. The van der Waals surface area contributed by atoms with Crippen molar-refractivity contribution >= 4 is 17.5 Å². The molecular formula is C17H15F3N4O2. The number of aromatic nitrogens is 2. The summed E-state index contributed by atoms with van der Waals surface area (Å²) in [5.74, 6) is -0.788. The molecule has 0 bridgehead atoms. The van der Waals surface area contributed by atoms with E-state index in [0.717, 1.165) is 18.3 Å². The summed E-state index contributed by atoms with van der Waals surface area (Å²) < 4.78 is 37.7. The monoisotopic (exact) mass is 364 g/mol. The number of alkyl halides is 3. The highest BCUT2D eigenvalue weighted by molar-refractivity contribution is 5.99. The Hall–Kier alpha value is -3.23. The quantitative estimate of drug-likeness (QED) is 0.772. The zero-order chi connectivity index (χ0) is 19.2. The van der Waals surface area contributed by atoms with Gasteiger partial charge in [-0.15, -0.1) is 0 Å². The van der Waals surface area contributed by atoms with Crippen LogP contribution < -0.4 is 10.6 Å². The lowest BCUT2D eigenvalue weighted by Gasteiger charge is -2.08. The summed E-state index contributed by atoms with van der Waals surface area (Å²) in [6, 6.07) is 6.90. The van der Waals surface area contributed by atoms with Crippen LogP contribution in [-0.2, 0) is 17.4 Å². The van der Waals surface area contributed by atoms with E-state index in [-0.39, 0.29) is 24.7 Å². The lowest BCUT2D eigenvalue weighted by molar-refractivity contribution is -0.141. The molecule has 0 aliphatic rings. The van der Waals surface area contributed by atoms with Gasteiger partial charge in [-0.3, -0.25) is 9.59 Å². The fraction of sp³-hybridized carbons (Fsp3) is 0.176. The summed E-state index contributed by atoms with van der Waals surface area (Å²) in [4.78, 5) is 30.4. The number of nitrogens with one attached hydrogen (secondary N) is 2. The highest BCUT2D eigenvalue weighted by Crippen LogP contribution is 2.26. The molecule has 2 rings (SSSR count). The maximum atomic E-state index is 12.6. The predicted molar refractivity (Wildman–Crippen MR) is 88.3 cm³/mol. The van der Waals surface area contributed by atoms with E-state index in [0.29, 0.717) is 11.3 Å². The lowest BCUT2D eigenvalue weighted by Crippen LogP contribution is -2.26. The second-order valence-corrected chi connectivity index (χ2v) is 5.13. The molecule has 0 fully saturated rings. The Bertz CT molecular complexity index is 804. The Morgan fingerprint density at radius 2 is 1.85 bits per heavy atom. The minimum absolute atomic E-state index is 0.0115. The third kappa shape index (κ3) is 5.40. The van der Waals surface area contributed by atoms with E-state index in [9.17, 15) is 22.8 Å². The van der Waals surface area contributed by atoms with Crippen molar-refractivity contribution in [1.29, 1.82) is 0 Å². The van der Waals surface area contributed by atoms with Crippen molar-refractivity contribution in [2.45, 2.75) is 12.6 Å². The topological polar surface area (TPSA) is 84.0 Å². The highest BCUT2D eigenvalue weighted by Gasteiger charge is 2.32. The molecule has 1 aromatic carbocycles. The van der Waals surface area contributed by atoms with Gasteiger partial charge in [0.25, 0.3) is 5.91 Å². The summed E-state index contributed by atoms with van der Waals surface area (Å²) in [7, 11) is 0. The van der Waals surface area contributed by atoms with Gasteiger partial charge in [-0.25, -0.2) is 9.97 Å². The Morgan fingerprint density at radius 1 is 1.15 bits per heavy atom. The van der Waals surface area contributed by atoms with E-state index >= 15 is 0 Å². The van der Waals surface area contributed by atoms with Crippen molar-refractivity contribution in [2.24, 2.45) is 0 Å². The van der Waals surface area contributed by atoms with Crippen molar-refractivity contribution in [3.63, 3.8) is 0 Å². The van der Waals surface area contributed by atoms with Gasteiger partial charge in [0, 0.05) is 30.4 Å². The number of nitrogens with zero attached hydrogens (tertiary/aromatic N) is 2. The number of halogens is 3. The van der Waals surface area contributed by atoms with Crippen LogP contribution in [0, 0.1) is 0 Å². The number of carbonyl (C=O) groups is 2. The molecule has 2 N–H and O–H groups in total. The molecule has 9 heteroatoms. The smallest absolute Gasteiger partial charge is 0.352 e. The van der Waals surface area contributed by atoms with Gasteiger partial charge in [0.05, 0.1) is 0 Å². The van der Waals surface area contributed by atoms with E-state index in [1.165, 1.54) is 12.1 Å². The van der Waals surface area contributed by atoms with Crippen LogP contribution >= 0.6 is 0 Å². The molecule has 0 aliphatic heterocycles. The molecular weight excluding hydrogens is 349 g/mol. The van der Waals surface area contributed by atoms with E-state index in [4.69, 9.17) is 0 Å². The third-order valence-electron chi connectivity index (χ3n) is 3.23. The van der Waals surface area contributed by atoms with Crippen LogP contribution in [0.15, 0.2) is 49.2 Å². The Morgan fingerprint density at radius 3 is 2.46 bits per heavy atom. The first-order valence-corrected chi connectivity index (χ1v) is 7.50. The molecule has 1 aromatic heterocycles. The van der Waals surface area contributed by atoms with Crippen molar-refractivity contribution in [1.82, 2.24) is 15.3 Å². The normalized spacial score (nSPS) is 10.9. The van der Waals surface area contributed by atoms with Crippen LogP contribution in [0.3, 0.4) is 0 Å². The summed E-state index contributed by atoms with van der Waals surface area (Å²) in [6.45, 7) is 3.41. The Balaban J connectivity index is 1.89. The minimum atomic E-state index is -4.54. The van der Waals surface area contributed by atoms with Crippen molar-refractivity contribution in [2.75, 3.05) is 11.9 Å². The van der Waals surface area contributed by atoms with E-state index in [2.05, 4.69) is 27.2 Å². The first-order valence-electron chi connectivity index (χ1n) is 7.50. The summed E-state index contributed by atoms with van der Waals surface area (Å²) in [5.41, 5.74) is -0.179. The number of hydrogen-bond donors (Lipinski definition) is 2. The average Bonchev–Trinajstić information content (AvgIpc) is 2.61. The van der Waals surface area contributed by atoms with Gasteiger partial charge < -0.3 is 10.6 Å². The molecule has 0 radical (unpaired) electrons.